The van der Waals surface area contributed by atoms with Gasteiger partial charge in [0, 0.05) is 32.0 Å². The Bertz CT molecular complexity index is 767. The summed E-state index contributed by atoms with van der Waals surface area (Å²) in [7, 11) is 0. The van der Waals surface area contributed by atoms with Crippen molar-refractivity contribution in [1.29, 1.82) is 0 Å². The molecule has 0 aliphatic carbocycles. The second kappa shape index (κ2) is 8.79. The lowest BCUT2D eigenvalue weighted by molar-refractivity contribution is -0.149. The molecule has 0 spiro atoms. The Morgan fingerprint density at radius 1 is 1.31 bits per heavy atom. The molecule has 9 heteroatoms. The monoisotopic (exact) mass is 368 g/mol. The number of esters is 2. The lowest BCUT2D eigenvalue weighted by Crippen LogP contribution is -2.34. The van der Waals surface area contributed by atoms with E-state index >= 15 is 0 Å². The van der Waals surface area contributed by atoms with Gasteiger partial charge in [0.05, 0.1) is 12.7 Å². The minimum Gasteiger partial charge on any atom is -0.466 e. The second-order valence-corrected chi connectivity index (χ2v) is 6.17. The van der Waals surface area contributed by atoms with Crippen LogP contribution >= 0.6 is 0 Å². The van der Waals surface area contributed by atoms with Crippen molar-refractivity contribution in [3.05, 3.63) is 32.6 Å². The number of H-pyrrole nitrogens is 1. The molecule has 0 unspecified atom stereocenters. The highest BCUT2D eigenvalue weighted by Gasteiger charge is 2.38. The molecule has 1 aliphatic rings. The molecule has 1 fully saturated rings. The molecule has 9 nitrogen and oxygen atoms in total. The number of nitrogens with zero attached hydrogens (tertiary/aromatic N) is 1. The molecule has 2 rings (SSSR count). The van der Waals surface area contributed by atoms with E-state index in [1.54, 1.807) is 0 Å². The highest BCUT2D eigenvalue weighted by molar-refractivity contribution is 5.66. The normalized spacial score (nSPS) is 22.2. The van der Waals surface area contributed by atoms with Gasteiger partial charge in [-0.2, -0.15) is 0 Å². The molecule has 2 heterocycles. The third-order valence-electron chi connectivity index (χ3n) is 4.17. The van der Waals surface area contributed by atoms with Crippen LogP contribution in [0.3, 0.4) is 0 Å². The summed E-state index contributed by atoms with van der Waals surface area (Å²) in [6.45, 7) is 4.70. The first kappa shape index (κ1) is 19.9. The third-order valence-corrected chi connectivity index (χ3v) is 4.17. The van der Waals surface area contributed by atoms with Gasteiger partial charge in [-0.05, 0) is 19.3 Å². The van der Waals surface area contributed by atoms with Gasteiger partial charge < -0.3 is 14.2 Å². The van der Waals surface area contributed by atoms with Crippen LogP contribution in [0.25, 0.3) is 0 Å². The summed E-state index contributed by atoms with van der Waals surface area (Å²) in [4.78, 5) is 48.3. The first-order valence-corrected chi connectivity index (χ1v) is 8.62. The summed E-state index contributed by atoms with van der Waals surface area (Å²) >= 11 is 0. The van der Waals surface area contributed by atoms with Gasteiger partial charge in [0.25, 0.3) is 5.56 Å². The van der Waals surface area contributed by atoms with Gasteiger partial charge in [-0.1, -0.05) is 6.92 Å². The topological polar surface area (TPSA) is 117 Å². The van der Waals surface area contributed by atoms with E-state index in [0.29, 0.717) is 31.2 Å². The van der Waals surface area contributed by atoms with E-state index in [1.807, 2.05) is 6.92 Å². The fourth-order valence-corrected chi connectivity index (χ4v) is 2.96. The Labute approximate surface area is 150 Å². The maximum Gasteiger partial charge on any atom is 0.330 e. The van der Waals surface area contributed by atoms with Gasteiger partial charge in [0.2, 0.25) is 0 Å². The van der Waals surface area contributed by atoms with E-state index in [0.717, 1.165) is 0 Å². The molecule has 1 aromatic rings. The number of carbonyl (C=O) groups excluding carboxylic acids is 2. The Balaban J connectivity index is 2.13. The highest BCUT2D eigenvalue weighted by Crippen LogP contribution is 2.32. The summed E-state index contributed by atoms with van der Waals surface area (Å²) in [5, 5.41) is 0. The number of hydrogen-bond donors (Lipinski definition) is 1. The first-order chi connectivity index (χ1) is 12.3. The number of ether oxygens (including phenoxy) is 3. The summed E-state index contributed by atoms with van der Waals surface area (Å²) in [5.74, 6) is -0.800. The minimum absolute atomic E-state index is 0.241. The first-order valence-electron chi connectivity index (χ1n) is 8.62. The molecule has 3 atom stereocenters. The van der Waals surface area contributed by atoms with Crippen molar-refractivity contribution in [2.45, 2.75) is 64.9 Å². The molecule has 0 aromatic carbocycles. The van der Waals surface area contributed by atoms with Crippen molar-refractivity contribution in [1.82, 2.24) is 9.55 Å². The van der Waals surface area contributed by atoms with E-state index < -0.39 is 35.7 Å². The van der Waals surface area contributed by atoms with Crippen molar-refractivity contribution in [2.75, 3.05) is 6.61 Å². The molecule has 1 N–H and O–H groups in total. The molecule has 0 saturated carbocycles. The van der Waals surface area contributed by atoms with Crippen LogP contribution in [-0.2, 0) is 30.2 Å². The van der Waals surface area contributed by atoms with Crippen LogP contribution in [0.15, 0.2) is 15.8 Å². The van der Waals surface area contributed by atoms with Crippen molar-refractivity contribution < 1.29 is 23.8 Å². The number of rotatable bonds is 7. The summed E-state index contributed by atoms with van der Waals surface area (Å²) in [5.41, 5.74) is -0.518. The van der Waals surface area contributed by atoms with Crippen LogP contribution in [0.4, 0.5) is 0 Å². The average molecular weight is 368 g/mol. The Morgan fingerprint density at radius 2 is 2.04 bits per heavy atom. The predicted molar refractivity (Wildman–Crippen MR) is 90.6 cm³/mol. The van der Waals surface area contributed by atoms with Crippen LogP contribution in [0, 0.1) is 0 Å². The molecule has 144 valence electrons. The van der Waals surface area contributed by atoms with Gasteiger partial charge in [-0.15, -0.1) is 0 Å². The lowest BCUT2D eigenvalue weighted by Gasteiger charge is -2.18. The predicted octanol–water partition coefficient (Wildman–Crippen LogP) is 0.662. The van der Waals surface area contributed by atoms with E-state index in [1.165, 1.54) is 24.6 Å². The van der Waals surface area contributed by atoms with Crippen LogP contribution in [0.5, 0.6) is 0 Å². The van der Waals surface area contributed by atoms with Crippen LogP contribution in [-0.4, -0.2) is 40.3 Å². The molecule has 26 heavy (non-hydrogen) atoms. The van der Waals surface area contributed by atoms with E-state index in [-0.39, 0.29) is 12.6 Å². The zero-order valence-corrected chi connectivity index (χ0v) is 15.1. The van der Waals surface area contributed by atoms with E-state index in [9.17, 15) is 19.2 Å². The van der Waals surface area contributed by atoms with Gasteiger partial charge in [-0.25, -0.2) is 4.79 Å². The number of hydrogen-bond acceptors (Lipinski definition) is 7. The fraction of sp³-hybridized carbons (Fsp3) is 0.647. The Kier molecular flexibility index (Phi) is 6.73. The van der Waals surface area contributed by atoms with Gasteiger partial charge in [0.1, 0.15) is 12.3 Å². The minimum atomic E-state index is -0.646. The van der Waals surface area contributed by atoms with Crippen LogP contribution in [0.2, 0.25) is 0 Å². The molecule has 0 radical (unpaired) electrons. The lowest BCUT2D eigenvalue weighted by atomic mass is 10.1. The highest BCUT2D eigenvalue weighted by atomic mass is 16.6. The molecular weight excluding hydrogens is 344 g/mol. The van der Waals surface area contributed by atoms with Gasteiger partial charge in [-0.3, -0.25) is 23.9 Å². The zero-order valence-electron chi connectivity index (χ0n) is 15.1. The van der Waals surface area contributed by atoms with Crippen LogP contribution < -0.4 is 11.2 Å². The molecule has 1 aromatic heterocycles. The standard InChI is InChI=1S/C17H24N2O7/c1-4-12-9-19(17(23)18-16(12)22)15-8-14(25-11(3)21)13(26-15)6-5-7-24-10(2)20/h9,13-15H,4-8H2,1-3H3,(H,18,22,23)/t13-,14+,15-/m1/s1. The third kappa shape index (κ3) is 5.04. The maximum absolute atomic E-state index is 12.1. The van der Waals surface area contributed by atoms with Crippen molar-refractivity contribution in [3.8, 4) is 0 Å². The quantitative estimate of drug-likeness (QED) is 0.555. The van der Waals surface area contributed by atoms with E-state index in [4.69, 9.17) is 14.2 Å². The second-order valence-electron chi connectivity index (χ2n) is 6.17. The van der Waals surface area contributed by atoms with Crippen molar-refractivity contribution in [2.24, 2.45) is 0 Å². The number of aromatic nitrogens is 2. The molecule has 1 saturated heterocycles. The summed E-state index contributed by atoms with van der Waals surface area (Å²) in [6.07, 6.45) is 1.71. The Morgan fingerprint density at radius 3 is 2.65 bits per heavy atom. The SMILES string of the molecule is CCc1cn([C@H]2C[C@H](OC(C)=O)[C@@H](CCCOC(C)=O)O2)c(=O)[nH]c1=O. The molecule has 0 amide bonds. The molecule has 0 bridgehead atoms. The number of aromatic amines is 1. The number of carbonyl (C=O) groups is 2. The van der Waals surface area contributed by atoms with Crippen molar-refractivity contribution in [3.63, 3.8) is 0 Å². The maximum atomic E-state index is 12.1. The number of nitrogens with one attached hydrogen (secondary N) is 1. The number of aryl methyl sites for hydroxylation is 1. The molecule has 1 aliphatic heterocycles. The van der Waals surface area contributed by atoms with Crippen LogP contribution in [0.1, 0.15) is 51.8 Å². The summed E-state index contributed by atoms with van der Waals surface area (Å²) in [6, 6.07) is 0. The average Bonchev–Trinajstić information content (AvgIpc) is 2.93. The molecular formula is C17H24N2O7. The van der Waals surface area contributed by atoms with Gasteiger partial charge >= 0.3 is 17.6 Å². The van der Waals surface area contributed by atoms with E-state index in [2.05, 4.69) is 4.98 Å². The van der Waals surface area contributed by atoms with Gasteiger partial charge in [0.15, 0.2) is 0 Å². The smallest absolute Gasteiger partial charge is 0.330 e. The summed E-state index contributed by atoms with van der Waals surface area (Å²) < 4.78 is 17.4. The fourth-order valence-electron chi connectivity index (χ4n) is 2.96. The largest absolute Gasteiger partial charge is 0.466 e. The zero-order chi connectivity index (χ0) is 19.3. The van der Waals surface area contributed by atoms with Crippen molar-refractivity contribution >= 4 is 11.9 Å². The Hall–Kier alpha value is -2.42.